The van der Waals surface area contributed by atoms with Gasteiger partial charge >= 0.3 is 0 Å². The van der Waals surface area contributed by atoms with Gasteiger partial charge in [0, 0.05) is 55.4 Å². The van der Waals surface area contributed by atoms with Crippen LogP contribution in [0.2, 0.25) is 0 Å². The van der Waals surface area contributed by atoms with E-state index in [1.807, 2.05) is 24.3 Å². The van der Waals surface area contributed by atoms with E-state index in [-0.39, 0.29) is 45.5 Å². The summed E-state index contributed by atoms with van der Waals surface area (Å²) in [6.07, 6.45) is 1.54. The van der Waals surface area contributed by atoms with Gasteiger partial charge < -0.3 is 29.3 Å². The predicted molar refractivity (Wildman–Crippen MR) is 181 cm³/mol. The van der Waals surface area contributed by atoms with E-state index in [0.29, 0.717) is 11.4 Å². The van der Waals surface area contributed by atoms with Crippen LogP contribution in [-0.4, -0.2) is 78.3 Å². The quantitative estimate of drug-likeness (QED) is 0.260. The zero-order valence-electron chi connectivity index (χ0n) is 27.1. The van der Waals surface area contributed by atoms with Gasteiger partial charge in [-0.2, -0.15) is 9.57 Å². The fourth-order valence-electron chi connectivity index (χ4n) is 6.20. The molecule has 12 nitrogen and oxygen atoms in total. The van der Waals surface area contributed by atoms with Crippen molar-refractivity contribution in [2.75, 3.05) is 68.6 Å². The van der Waals surface area contributed by atoms with Crippen LogP contribution in [0, 0.1) is 11.3 Å². The molecule has 1 N–H and O–H groups in total. The second-order valence-corrected chi connectivity index (χ2v) is 13.2. The lowest BCUT2D eigenvalue weighted by atomic mass is 9.83. The predicted octanol–water partition coefficient (Wildman–Crippen LogP) is 4.21. The van der Waals surface area contributed by atoms with E-state index in [1.54, 1.807) is 19.1 Å². The molecule has 248 valence electrons. The summed E-state index contributed by atoms with van der Waals surface area (Å²) in [7, 11) is 0.294. The Morgan fingerprint density at radius 3 is 2.38 bits per heavy atom. The lowest BCUT2D eigenvalue weighted by Crippen LogP contribution is -2.49. The number of nitrogens with one attached hydrogen (secondary N) is 1. The molecule has 2 aliphatic heterocycles. The number of nitriles is 1. The topological polar surface area (TPSA) is 137 Å². The highest BCUT2D eigenvalue weighted by Gasteiger charge is 2.58. The van der Waals surface area contributed by atoms with Crippen molar-refractivity contribution in [3.8, 4) is 23.4 Å². The molecular weight excluding hydrogens is 632 g/mol. The number of benzene rings is 3. The lowest BCUT2D eigenvalue weighted by Gasteiger charge is -2.34. The number of rotatable bonds is 10. The van der Waals surface area contributed by atoms with Gasteiger partial charge in [0.1, 0.15) is 16.4 Å². The van der Waals surface area contributed by atoms with Gasteiger partial charge in [0.15, 0.2) is 5.54 Å². The molecule has 1 fully saturated rings. The number of carbonyl (C=O) groups is 1. The van der Waals surface area contributed by atoms with Gasteiger partial charge in [-0.3, -0.25) is 4.79 Å². The van der Waals surface area contributed by atoms with Crippen molar-refractivity contribution >= 4 is 33.0 Å². The average Bonchev–Trinajstić information content (AvgIpc) is 3.36. The molecule has 2 aliphatic rings. The van der Waals surface area contributed by atoms with Crippen molar-refractivity contribution in [3.63, 3.8) is 0 Å². The first-order valence-corrected chi connectivity index (χ1v) is 16.9. The van der Waals surface area contributed by atoms with Gasteiger partial charge in [0.2, 0.25) is 5.88 Å². The SMILES string of the molecule is CCOc1ncccc1C1(Nc2ccc(N3CCN(C)CC3)cc2)C(=O)N(S(=O)(=O)c2ccc(OC)cc2OC)c2ccc(C#N)cc21. The van der Waals surface area contributed by atoms with E-state index < -0.39 is 21.5 Å². The van der Waals surface area contributed by atoms with Crippen LogP contribution in [0.1, 0.15) is 23.6 Å². The fourth-order valence-corrected chi connectivity index (χ4v) is 7.80. The summed E-state index contributed by atoms with van der Waals surface area (Å²) >= 11 is 0. The molecule has 13 heteroatoms. The molecule has 0 spiro atoms. The molecule has 0 saturated carbocycles. The van der Waals surface area contributed by atoms with Crippen LogP contribution in [0.15, 0.2) is 83.9 Å². The van der Waals surface area contributed by atoms with Crippen LogP contribution in [0.3, 0.4) is 0 Å². The number of ether oxygens (including phenoxy) is 3. The maximum Gasteiger partial charge on any atom is 0.276 e. The van der Waals surface area contributed by atoms with Gasteiger partial charge in [-0.25, -0.2) is 13.4 Å². The second kappa shape index (κ2) is 13.1. The Morgan fingerprint density at radius 1 is 0.958 bits per heavy atom. The number of sulfonamides is 1. The molecule has 0 bridgehead atoms. The Bertz CT molecular complexity index is 1990. The van der Waals surface area contributed by atoms with Gasteiger partial charge in [-0.1, -0.05) is 0 Å². The number of piperazine rings is 1. The standard InChI is InChI=1S/C35H36N6O6S/c1-5-47-33-28(7-6-16-37-33)35(38-25-9-11-26(12-10-25)40-19-17-39(2)18-20-40)29-21-24(23-36)8-14-30(29)41(34(35)42)48(43,44)32-15-13-27(45-3)22-31(32)46-4/h6-16,21-22,38H,5,17-20H2,1-4H3. The Morgan fingerprint density at radius 2 is 1.71 bits per heavy atom. The Kier molecular flexibility index (Phi) is 8.87. The highest BCUT2D eigenvalue weighted by Crippen LogP contribution is 2.51. The first-order valence-electron chi connectivity index (χ1n) is 15.4. The zero-order valence-corrected chi connectivity index (χ0v) is 28.0. The number of hydrogen-bond acceptors (Lipinski definition) is 11. The van der Waals surface area contributed by atoms with E-state index in [9.17, 15) is 13.7 Å². The number of amides is 1. The van der Waals surface area contributed by atoms with Crippen molar-refractivity contribution in [2.45, 2.75) is 17.4 Å². The second-order valence-electron chi connectivity index (χ2n) is 11.4. The number of aromatic nitrogens is 1. The summed E-state index contributed by atoms with van der Waals surface area (Å²) in [5.74, 6) is -0.309. The minimum atomic E-state index is -4.60. The first-order chi connectivity index (χ1) is 23.2. The number of pyridine rings is 1. The van der Waals surface area contributed by atoms with Gasteiger partial charge in [-0.05, 0) is 80.7 Å². The van der Waals surface area contributed by atoms with E-state index in [4.69, 9.17) is 14.2 Å². The normalized spacial score (nSPS) is 17.9. The third kappa shape index (κ3) is 5.52. The van der Waals surface area contributed by atoms with Crippen molar-refractivity contribution in [1.82, 2.24) is 9.88 Å². The molecule has 6 rings (SSSR count). The van der Waals surface area contributed by atoms with E-state index in [0.717, 1.165) is 36.2 Å². The van der Waals surface area contributed by atoms with Crippen LogP contribution in [0.5, 0.6) is 17.4 Å². The molecule has 1 aromatic heterocycles. The van der Waals surface area contributed by atoms with Gasteiger partial charge in [0.25, 0.3) is 15.9 Å². The lowest BCUT2D eigenvalue weighted by molar-refractivity contribution is -0.120. The monoisotopic (exact) mass is 668 g/mol. The molecule has 3 heterocycles. The number of fused-ring (bicyclic) bond motifs is 1. The van der Waals surface area contributed by atoms with Crippen molar-refractivity contribution in [1.29, 1.82) is 5.26 Å². The molecule has 1 saturated heterocycles. The molecule has 1 unspecified atom stereocenters. The molecular formula is C35H36N6O6S. The summed E-state index contributed by atoms with van der Waals surface area (Å²) < 4.78 is 46.6. The molecule has 3 aromatic carbocycles. The number of methoxy groups -OCH3 is 2. The van der Waals surface area contributed by atoms with Crippen molar-refractivity contribution in [3.05, 3.63) is 95.7 Å². The van der Waals surface area contributed by atoms with Crippen LogP contribution >= 0.6 is 0 Å². The van der Waals surface area contributed by atoms with E-state index in [2.05, 4.69) is 33.2 Å². The van der Waals surface area contributed by atoms with E-state index in [1.165, 1.54) is 56.8 Å². The number of anilines is 3. The van der Waals surface area contributed by atoms with Crippen LogP contribution in [0.4, 0.5) is 17.1 Å². The van der Waals surface area contributed by atoms with Gasteiger partial charge in [0.05, 0.1) is 43.7 Å². The zero-order chi connectivity index (χ0) is 34.1. The van der Waals surface area contributed by atoms with Crippen LogP contribution < -0.4 is 28.7 Å². The maximum absolute atomic E-state index is 15.2. The molecule has 48 heavy (non-hydrogen) atoms. The molecule has 1 amide bonds. The van der Waals surface area contributed by atoms with Crippen LogP contribution in [0.25, 0.3) is 0 Å². The molecule has 4 aromatic rings. The highest BCUT2D eigenvalue weighted by atomic mass is 32.2. The van der Waals surface area contributed by atoms with E-state index >= 15 is 4.79 Å². The minimum Gasteiger partial charge on any atom is -0.497 e. The third-order valence-corrected chi connectivity index (χ3v) is 10.4. The Hall–Kier alpha value is -5.32. The molecule has 0 aliphatic carbocycles. The average molecular weight is 669 g/mol. The minimum absolute atomic E-state index is 0.00122. The molecule has 0 radical (unpaired) electrons. The number of nitrogens with zero attached hydrogens (tertiary/aromatic N) is 5. The Balaban J connectivity index is 1.55. The number of likely N-dealkylation sites (N-methyl/N-ethyl adjacent to an activating group) is 1. The van der Waals surface area contributed by atoms with Crippen molar-refractivity contribution in [2.24, 2.45) is 0 Å². The summed E-state index contributed by atoms with van der Waals surface area (Å²) in [6, 6.07) is 21.9. The Labute approximate surface area is 280 Å². The third-order valence-electron chi connectivity index (χ3n) is 8.67. The maximum atomic E-state index is 15.2. The first kappa shape index (κ1) is 32.6. The summed E-state index contributed by atoms with van der Waals surface area (Å²) in [6.45, 7) is 5.68. The van der Waals surface area contributed by atoms with Crippen molar-refractivity contribution < 1.29 is 27.4 Å². The summed E-state index contributed by atoms with van der Waals surface area (Å²) in [4.78, 5) is 23.9. The van der Waals surface area contributed by atoms with Crippen LogP contribution in [-0.2, 0) is 20.4 Å². The number of hydrogen-bond donors (Lipinski definition) is 1. The summed E-state index contributed by atoms with van der Waals surface area (Å²) in [5, 5.41) is 13.3. The highest BCUT2D eigenvalue weighted by molar-refractivity contribution is 7.93. The largest absolute Gasteiger partial charge is 0.497 e. The fraction of sp³-hybridized carbons (Fsp3) is 0.286. The summed E-state index contributed by atoms with van der Waals surface area (Å²) in [5.41, 5.74) is 0.548. The molecule has 1 atom stereocenters. The number of carbonyl (C=O) groups excluding carboxylic acids is 1. The van der Waals surface area contributed by atoms with Gasteiger partial charge in [-0.15, -0.1) is 0 Å². The smallest absolute Gasteiger partial charge is 0.276 e.